The SMILES string of the molecule is CC1CC2C(=O)N(c3ccc(N)cc3C(=O)O)C(=O)C2C1. The van der Waals surface area contributed by atoms with E-state index in [0.717, 1.165) is 4.90 Å². The Kier molecular flexibility index (Phi) is 2.97. The van der Waals surface area contributed by atoms with Crippen molar-refractivity contribution in [3.8, 4) is 0 Å². The summed E-state index contributed by atoms with van der Waals surface area (Å²) < 4.78 is 0. The van der Waals surface area contributed by atoms with Crippen LogP contribution < -0.4 is 10.6 Å². The first kappa shape index (κ1) is 13.6. The summed E-state index contributed by atoms with van der Waals surface area (Å²) in [4.78, 5) is 37.3. The smallest absolute Gasteiger partial charge is 0.337 e. The highest BCUT2D eigenvalue weighted by Gasteiger charge is 2.52. The zero-order valence-electron chi connectivity index (χ0n) is 11.6. The number of carboxylic acids is 1. The maximum absolute atomic E-state index is 12.5. The third kappa shape index (κ3) is 1.98. The van der Waals surface area contributed by atoms with E-state index < -0.39 is 5.97 Å². The summed E-state index contributed by atoms with van der Waals surface area (Å²) in [7, 11) is 0. The Morgan fingerprint density at radius 1 is 1.24 bits per heavy atom. The topological polar surface area (TPSA) is 101 Å². The van der Waals surface area contributed by atoms with Gasteiger partial charge >= 0.3 is 5.97 Å². The summed E-state index contributed by atoms with van der Waals surface area (Å²) >= 11 is 0. The first-order chi connectivity index (χ1) is 9.90. The molecule has 1 saturated heterocycles. The summed E-state index contributed by atoms with van der Waals surface area (Å²) in [5, 5.41) is 9.26. The number of nitrogens with zero attached hydrogens (tertiary/aromatic N) is 1. The van der Waals surface area contributed by atoms with Crippen molar-refractivity contribution in [2.75, 3.05) is 10.6 Å². The number of carbonyl (C=O) groups excluding carboxylic acids is 2. The van der Waals surface area contributed by atoms with Gasteiger partial charge in [0.1, 0.15) is 0 Å². The maximum atomic E-state index is 12.5. The molecule has 3 N–H and O–H groups in total. The van der Waals surface area contributed by atoms with Crippen molar-refractivity contribution in [3.63, 3.8) is 0 Å². The highest BCUT2D eigenvalue weighted by molar-refractivity contribution is 6.24. The van der Waals surface area contributed by atoms with Crippen molar-refractivity contribution >= 4 is 29.2 Å². The third-order valence-electron chi connectivity index (χ3n) is 4.37. The average Bonchev–Trinajstić information content (AvgIpc) is 2.90. The van der Waals surface area contributed by atoms with Crippen LogP contribution in [0.2, 0.25) is 0 Å². The molecule has 0 spiro atoms. The lowest BCUT2D eigenvalue weighted by Crippen LogP contribution is -2.33. The number of nitrogen functional groups attached to an aromatic ring is 1. The second kappa shape index (κ2) is 4.58. The van der Waals surface area contributed by atoms with Gasteiger partial charge in [-0.05, 0) is 37.0 Å². The summed E-state index contributed by atoms with van der Waals surface area (Å²) in [6.07, 6.45) is 1.37. The first-order valence-electron chi connectivity index (χ1n) is 6.90. The summed E-state index contributed by atoms with van der Waals surface area (Å²) in [5.74, 6) is -2.06. The monoisotopic (exact) mass is 288 g/mol. The predicted octanol–water partition coefficient (Wildman–Crippen LogP) is 1.50. The van der Waals surface area contributed by atoms with E-state index in [-0.39, 0.29) is 40.6 Å². The molecular weight excluding hydrogens is 272 g/mol. The first-order valence-corrected chi connectivity index (χ1v) is 6.90. The van der Waals surface area contributed by atoms with E-state index in [1.54, 1.807) is 0 Å². The number of aromatic carboxylic acids is 1. The van der Waals surface area contributed by atoms with Gasteiger partial charge in [0.15, 0.2) is 0 Å². The highest BCUT2D eigenvalue weighted by atomic mass is 16.4. The van der Waals surface area contributed by atoms with Gasteiger partial charge in [-0.3, -0.25) is 9.59 Å². The van der Waals surface area contributed by atoms with Crippen LogP contribution in [0.3, 0.4) is 0 Å². The fraction of sp³-hybridized carbons (Fsp3) is 0.400. The number of rotatable bonds is 2. The molecule has 6 heteroatoms. The number of hydrogen-bond donors (Lipinski definition) is 2. The Bertz CT molecular complexity index is 631. The van der Waals surface area contributed by atoms with Crippen LogP contribution in [-0.4, -0.2) is 22.9 Å². The fourth-order valence-corrected chi connectivity index (χ4v) is 3.44. The minimum atomic E-state index is -1.21. The van der Waals surface area contributed by atoms with Crippen LogP contribution in [0, 0.1) is 17.8 Å². The molecular formula is C15H16N2O4. The number of carbonyl (C=O) groups is 3. The molecule has 0 radical (unpaired) electrons. The third-order valence-corrected chi connectivity index (χ3v) is 4.37. The molecule has 1 heterocycles. The Labute approximate surface area is 121 Å². The van der Waals surface area contributed by atoms with Crippen LogP contribution in [0.15, 0.2) is 18.2 Å². The quantitative estimate of drug-likeness (QED) is 0.634. The molecule has 2 aliphatic rings. The van der Waals surface area contributed by atoms with Gasteiger partial charge in [0, 0.05) is 5.69 Å². The molecule has 1 aromatic rings. The van der Waals surface area contributed by atoms with E-state index >= 15 is 0 Å². The number of amides is 2. The molecule has 21 heavy (non-hydrogen) atoms. The molecule has 1 aliphatic carbocycles. The van der Waals surface area contributed by atoms with Gasteiger partial charge in [-0.1, -0.05) is 6.92 Å². The zero-order chi connectivity index (χ0) is 15.3. The van der Waals surface area contributed by atoms with E-state index in [2.05, 4.69) is 0 Å². The molecule has 2 amide bonds. The summed E-state index contributed by atoms with van der Waals surface area (Å²) in [6.45, 7) is 2.02. The van der Waals surface area contributed by atoms with Crippen molar-refractivity contribution in [2.24, 2.45) is 17.8 Å². The van der Waals surface area contributed by atoms with Gasteiger partial charge in [-0.2, -0.15) is 0 Å². The number of fused-ring (bicyclic) bond motifs is 1. The van der Waals surface area contributed by atoms with Gasteiger partial charge in [0.05, 0.1) is 23.1 Å². The second-order valence-electron chi connectivity index (χ2n) is 5.88. The summed E-state index contributed by atoms with van der Waals surface area (Å²) in [5.41, 5.74) is 5.87. The minimum absolute atomic E-state index is 0.119. The Morgan fingerprint density at radius 2 is 1.81 bits per heavy atom. The Hall–Kier alpha value is -2.37. The van der Waals surface area contributed by atoms with Crippen LogP contribution in [0.25, 0.3) is 0 Å². The largest absolute Gasteiger partial charge is 0.478 e. The predicted molar refractivity (Wildman–Crippen MR) is 75.7 cm³/mol. The maximum Gasteiger partial charge on any atom is 0.337 e. The van der Waals surface area contributed by atoms with Crippen LogP contribution in [0.4, 0.5) is 11.4 Å². The fourth-order valence-electron chi connectivity index (χ4n) is 3.44. The minimum Gasteiger partial charge on any atom is -0.478 e. The van der Waals surface area contributed by atoms with Crippen LogP contribution >= 0.6 is 0 Å². The number of nitrogens with two attached hydrogens (primary N) is 1. The van der Waals surface area contributed by atoms with E-state index in [4.69, 9.17) is 5.73 Å². The molecule has 6 nitrogen and oxygen atoms in total. The van der Waals surface area contributed by atoms with Gasteiger partial charge in [-0.25, -0.2) is 9.69 Å². The lowest BCUT2D eigenvalue weighted by atomic mass is 10.00. The Morgan fingerprint density at radius 3 is 2.33 bits per heavy atom. The molecule has 0 aromatic heterocycles. The van der Waals surface area contributed by atoms with Crippen molar-refractivity contribution in [1.82, 2.24) is 0 Å². The van der Waals surface area contributed by atoms with Gasteiger partial charge in [0.2, 0.25) is 11.8 Å². The standard InChI is InChI=1S/C15H16N2O4/c1-7-4-9-10(5-7)14(19)17(13(9)18)12-3-2-8(16)6-11(12)15(20)21/h2-3,6-7,9-10H,4-5,16H2,1H3,(H,20,21). The number of benzene rings is 1. The molecule has 1 saturated carbocycles. The van der Waals surface area contributed by atoms with Gasteiger partial charge < -0.3 is 10.8 Å². The van der Waals surface area contributed by atoms with Crippen LogP contribution in [0.1, 0.15) is 30.1 Å². The number of hydrogen-bond acceptors (Lipinski definition) is 4. The van der Waals surface area contributed by atoms with Crippen molar-refractivity contribution in [3.05, 3.63) is 23.8 Å². The molecule has 2 unspecified atom stereocenters. The van der Waals surface area contributed by atoms with Crippen LogP contribution in [-0.2, 0) is 9.59 Å². The molecule has 2 atom stereocenters. The van der Waals surface area contributed by atoms with E-state index in [9.17, 15) is 19.5 Å². The van der Waals surface area contributed by atoms with Crippen LogP contribution in [0.5, 0.6) is 0 Å². The van der Waals surface area contributed by atoms with E-state index in [1.165, 1.54) is 18.2 Å². The molecule has 3 rings (SSSR count). The molecule has 0 bridgehead atoms. The van der Waals surface area contributed by atoms with E-state index in [0.29, 0.717) is 18.8 Å². The normalized spacial score (nSPS) is 28.0. The van der Waals surface area contributed by atoms with E-state index in [1.807, 2.05) is 6.92 Å². The average molecular weight is 288 g/mol. The number of imide groups is 1. The lowest BCUT2D eigenvalue weighted by Gasteiger charge is -2.19. The highest BCUT2D eigenvalue weighted by Crippen LogP contribution is 2.45. The summed E-state index contributed by atoms with van der Waals surface area (Å²) in [6, 6.07) is 4.20. The van der Waals surface area contributed by atoms with Crippen molar-refractivity contribution in [1.29, 1.82) is 0 Å². The Balaban J connectivity index is 2.04. The molecule has 1 aliphatic heterocycles. The lowest BCUT2D eigenvalue weighted by molar-refractivity contribution is -0.123. The van der Waals surface area contributed by atoms with Crippen molar-refractivity contribution < 1.29 is 19.5 Å². The van der Waals surface area contributed by atoms with Crippen molar-refractivity contribution in [2.45, 2.75) is 19.8 Å². The zero-order valence-corrected chi connectivity index (χ0v) is 11.6. The van der Waals surface area contributed by atoms with Gasteiger partial charge in [-0.15, -0.1) is 0 Å². The molecule has 1 aromatic carbocycles. The number of carboxylic acid groups (broad SMARTS) is 1. The second-order valence-corrected chi connectivity index (χ2v) is 5.88. The molecule has 110 valence electrons. The number of anilines is 2. The molecule has 2 fully saturated rings. The van der Waals surface area contributed by atoms with Gasteiger partial charge in [0.25, 0.3) is 0 Å².